The Morgan fingerprint density at radius 3 is 2.85 bits per heavy atom. The summed E-state index contributed by atoms with van der Waals surface area (Å²) in [6.45, 7) is 0.663. The highest BCUT2D eigenvalue weighted by Crippen LogP contribution is 2.30. The highest BCUT2D eigenvalue weighted by atomic mass is 35.5. The zero-order valence-corrected chi connectivity index (χ0v) is 14.4. The first-order valence-corrected chi connectivity index (χ1v) is 8.46. The van der Waals surface area contributed by atoms with Gasteiger partial charge in [-0.15, -0.1) is 0 Å². The van der Waals surface area contributed by atoms with Gasteiger partial charge in [0, 0.05) is 16.7 Å². The minimum absolute atomic E-state index is 0.192. The number of aromatic nitrogens is 1. The van der Waals surface area contributed by atoms with Gasteiger partial charge in [0.1, 0.15) is 12.7 Å². The van der Waals surface area contributed by atoms with Crippen LogP contribution in [0.5, 0.6) is 11.5 Å². The van der Waals surface area contributed by atoms with Crippen LogP contribution in [0.1, 0.15) is 10.5 Å². The summed E-state index contributed by atoms with van der Waals surface area (Å²) in [4.78, 5) is 12.3. The van der Waals surface area contributed by atoms with Crippen molar-refractivity contribution in [1.29, 1.82) is 0 Å². The summed E-state index contributed by atoms with van der Waals surface area (Å²) < 4.78 is 16.7. The fourth-order valence-corrected chi connectivity index (χ4v) is 2.81. The first-order chi connectivity index (χ1) is 12.7. The number of hydrogen-bond donors (Lipinski definition) is 1. The average molecular weight is 371 g/mol. The zero-order valence-electron chi connectivity index (χ0n) is 13.6. The van der Waals surface area contributed by atoms with Crippen molar-refractivity contribution in [3.63, 3.8) is 0 Å². The Bertz CT molecular complexity index is 941. The molecule has 1 unspecified atom stereocenters. The van der Waals surface area contributed by atoms with Crippen molar-refractivity contribution in [2.24, 2.45) is 0 Å². The number of hydrogen-bond acceptors (Lipinski definition) is 5. The van der Waals surface area contributed by atoms with Crippen LogP contribution in [0.15, 0.2) is 59.1 Å². The van der Waals surface area contributed by atoms with E-state index in [9.17, 15) is 4.79 Å². The molecule has 1 aliphatic heterocycles. The fourth-order valence-electron chi connectivity index (χ4n) is 2.62. The van der Waals surface area contributed by atoms with Gasteiger partial charge in [-0.1, -0.05) is 41.0 Å². The van der Waals surface area contributed by atoms with Crippen LogP contribution >= 0.6 is 11.6 Å². The monoisotopic (exact) mass is 370 g/mol. The molecule has 1 amide bonds. The summed E-state index contributed by atoms with van der Waals surface area (Å²) in [5.74, 6) is 1.51. The van der Waals surface area contributed by atoms with Crippen LogP contribution in [0.2, 0.25) is 5.02 Å². The van der Waals surface area contributed by atoms with Crippen molar-refractivity contribution in [2.45, 2.75) is 6.10 Å². The number of carbonyl (C=O) groups is 1. The quantitative estimate of drug-likeness (QED) is 0.760. The van der Waals surface area contributed by atoms with Crippen molar-refractivity contribution >= 4 is 17.5 Å². The van der Waals surface area contributed by atoms with Crippen molar-refractivity contribution in [3.05, 3.63) is 65.3 Å². The topological polar surface area (TPSA) is 73.6 Å². The van der Waals surface area contributed by atoms with E-state index in [0.29, 0.717) is 35.4 Å². The molecular formula is C19H15ClN2O4. The molecule has 1 aliphatic rings. The average Bonchev–Trinajstić information content (AvgIpc) is 3.16. The van der Waals surface area contributed by atoms with Crippen molar-refractivity contribution in [2.75, 3.05) is 13.2 Å². The van der Waals surface area contributed by atoms with Gasteiger partial charge in [0.25, 0.3) is 5.91 Å². The molecule has 1 N–H and O–H groups in total. The maximum atomic E-state index is 12.3. The van der Waals surface area contributed by atoms with Gasteiger partial charge >= 0.3 is 0 Å². The first kappa shape index (κ1) is 16.5. The van der Waals surface area contributed by atoms with Crippen molar-refractivity contribution in [1.82, 2.24) is 10.5 Å². The molecule has 0 spiro atoms. The number of carbonyl (C=O) groups excluding carboxylic acids is 1. The van der Waals surface area contributed by atoms with Crippen LogP contribution < -0.4 is 14.8 Å². The lowest BCUT2D eigenvalue weighted by Gasteiger charge is -2.26. The second kappa shape index (κ2) is 7.09. The lowest BCUT2D eigenvalue weighted by atomic mass is 10.1. The zero-order chi connectivity index (χ0) is 17.9. The molecule has 6 nitrogen and oxygen atoms in total. The van der Waals surface area contributed by atoms with E-state index in [4.69, 9.17) is 25.6 Å². The molecule has 132 valence electrons. The van der Waals surface area contributed by atoms with Gasteiger partial charge in [0.15, 0.2) is 23.0 Å². The van der Waals surface area contributed by atoms with Gasteiger partial charge in [0.2, 0.25) is 0 Å². The summed E-state index contributed by atoms with van der Waals surface area (Å²) >= 11 is 5.97. The number of fused-ring (bicyclic) bond motifs is 1. The number of ether oxygens (including phenoxy) is 2. The number of rotatable bonds is 4. The third kappa shape index (κ3) is 3.50. The number of benzene rings is 2. The molecule has 1 aromatic heterocycles. The predicted octanol–water partition coefficient (Wildman–Crippen LogP) is 3.56. The van der Waals surface area contributed by atoms with Crippen molar-refractivity contribution < 1.29 is 18.8 Å². The lowest BCUT2D eigenvalue weighted by Crippen LogP contribution is -2.40. The summed E-state index contributed by atoms with van der Waals surface area (Å²) in [6.07, 6.45) is -0.270. The van der Waals surface area contributed by atoms with Gasteiger partial charge in [-0.2, -0.15) is 0 Å². The largest absolute Gasteiger partial charge is 0.486 e. The smallest absolute Gasteiger partial charge is 0.273 e. The molecule has 3 aromatic rings. The molecule has 0 saturated carbocycles. The second-order valence-electron chi connectivity index (χ2n) is 5.79. The van der Waals surface area contributed by atoms with Gasteiger partial charge < -0.3 is 19.3 Å². The van der Waals surface area contributed by atoms with E-state index in [1.165, 1.54) is 0 Å². The maximum absolute atomic E-state index is 12.3. The van der Waals surface area contributed by atoms with E-state index in [1.807, 2.05) is 30.3 Å². The summed E-state index contributed by atoms with van der Waals surface area (Å²) in [7, 11) is 0. The van der Waals surface area contributed by atoms with Crippen LogP contribution in [0.25, 0.3) is 11.3 Å². The normalized spacial score (nSPS) is 15.5. The number of nitrogens with zero attached hydrogens (tertiary/aromatic N) is 1. The highest BCUT2D eigenvalue weighted by molar-refractivity contribution is 6.30. The van der Waals surface area contributed by atoms with Gasteiger partial charge in [0.05, 0.1) is 6.54 Å². The number of halogens is 1. The van der Waals surface area contributed by atoms with E-state index in [0.717, 1.165) is 5.56 Å². The van der Waals surface area contributed by atoms with Gasteiger partial charge in [-0.05, 0) is 24.3 Å². The third-order valence-corrected chi connectivity index (χ3v) is 4.14. The molecule has 2 aromatic carbocycles. The summed E-state index contributed by atoms with van der Waals surface area (Å²) in [5.41, 5.74) is 0.946. The molecule has 4 rings (SSSR count). The Balaban J connectivity index is 1.37. The molecule has 0 saturated heterocycles. The van der Waals surface area contributed by atoms with E-state index in [1.54, 1.807) is 24.3 Å². The van der Waals surface area contributed by atoms with Gasteiger partial charge in [-0.25, -0.2) is 0 Å². The number of para-hydroxylation sites is 2. The Hall–Kier alpha value is -2.99. The fraction of sp³-hybridized carbons (Fsp3) is 0.158. The van der Waals surface area contributed by atoms with Crippen LogP contribution in [-0.4, -0.2) is 30.3 Å². The van der Waals surface area contributed by atoms with Crippen LogP contribution in [0, 0.1) is 0 Å². The molecule has 0 fully saturated rings. The van der Waals surface area contributed by atoms with Crippen LogP contribution in [0.4, 0.5) is 0 Å². The predicted molar refractivity (Wildman–Crippen MR) is 95.6 cm³/mol. The first-order valence-electron chi connectivity index (χ1n) is 8.08. The van der Waals surface area contributed by atoms with Crippen molar-refractivity contribution in [3.8, 4) is 22.8 Å². The molecule has 0 bridgehead atoms. The molecule has 7 heteroatoms. The Morgan fingerprint density at radius 1 is 1.15 bits per heavy atom. The van der Waals surface area contributed by atoms with Crippen LogP contribution in [0.3, 0.4) is 0 Å². The highest BCUT2D eigenvalue weighted by Gasteiger charge is 2.22. The standard InChI is InChI=1S/C19H15ClN2O4/c20-13-5-3-4-12(8-13)18-9-15(22-26-18)19(23)21-10-14-11-24-16-6-1-2-7-17(16)25-14/h1-9,14H,10-11H2,(H,21,23). The Morgan fingerprint density at radius 2 is 2.00 bits per heavy atom. The third-order valence-electron chi connectivity index (χ3n) is 3.91. The van der Waals surface area contributed by atoms with Gasteiger partial charge in [-0.3, -0.25) is 4.79 Å². The van der Waals surface area contributed by atoms with E-state index in [2.05, 4.69) is 10.5 Å². The molecular weight excluding hydrogens is 356 g/mol. The molecule has 0 radical (unpaired) electrons. The Labute approximate surface area is 154 Å². The SMILES string of the molecule is O=C(NCC1COc2ccccc2O1)c1cc(-c2cccc(Cl)c2)on1. The van der Waals surface area contributed by atoms with E-state index < -0.39 is 0 Å². The lowest BCUT2D eigenvalue weighted by molar-refractivity contribution is 0.0784. The second-order valence-corrected chi connectivity index (χ2v) is 6.23. The molecule has 2 heterocycles. The van der Waals surface area contributed by atoms with E-state index in [-0.39, 0.29) is 17.7 Å². The number of amides is 1. The molecule has 1 atom stereocenters. The minimum atomic E-state index is -0.343. The summed E-state index contributed by atoms with van der Waals surface area (Å²) in [5, 5.41) is 7.19. The number of nitrogens with one attached hydrogen (secondary N) is 1. The summed E-state index contributed by atoms with van der Waals surface area (Å²) in [6, 6.07) is 16.1. The maximum Gasteiger partial charge on any atom is 0.273 e. The van der Waals surface area contributed by atoms with Crippen LogP contribution in [-0.2, 0) is 0 Å². The molecule has 26 heavy (non-hydrogen) atoms. The van der Waals surface area contributed by atoms with E-state index >= 15 is 0 Å². The molecule has 0 aliphatic carbocycles. The Kier molecular flexibility index (Phi) is 4.50. The minimum Gasteiger partial charge on any atom is -0.486 e.